The van der Waals surface area contributed by atoms with Crippen molar-refractivity contribution < 1.29 is 27.5 Å². The van der Waals surface area contributed by atoms with Crippen LogP contribution >= 0.6 is 23.2 Å². The van der Waals surface area contributed by atoms with Gasteiger partial charge in [0.25, 0.3) is 5.91 Å². The van der Waals surface area contributed by atoms with Gasteiger partial charge >= 0.3 is 5.92 Å². The van der Waals surface area contributed by atoms with E-state index in [4.69, 9.17) is 37.1 Å². The highest BCUT2D eigenvalue weighted by atomic mass is 35.5. The summed E-state index contributed by atoms with van der Waals surface area (Å²) in [4.78, 5) is 15.0. The molecule has 0 spiro atoms. The summed E-state index contributed by atoms with van der Waals surface area (Å²) >= 11 is 12.7. The fraction of sp³-hybridized carbons (Fsp3) is 0.400. The Morgan fingerprint density at radius 2 is 1.80 bits per heavy atom. The summed E-state index contributed by atoms with van der Waals surface area (Å²) in [5.74, 6) is -5.00. The smallest absolute Gasteiger partial charge is 0.380 e. The number of alkyl halides is 3. The van der Waals surface area contributed by atoms with Crippen LogP contribution in [-0.4, -0.2) is 49.7 Å². The molecule has 10 heteroatoms. The van der Waals surface area contributed by atoms with Crippen molar-refractivity contribution in [1.29, 1.82) is 0 Å². The van der Waals surface area contributed by atoms with E-state index in [2.05, 4.69) is 10.2 Å². The summed E-state index contributed by atoms with van der Waals surface area (Å²) in [5.41, 5.74) is 0.860. The summed E-state index contributed by atoms with van der Waals surface area (Å²) in [6.45, 7) is 2.83. The Labute approximate surface area is 211 Å². The largest absolute Gasteiger partial charge is 0.486 e. The zero-order chi connectivity index (χ0) is 24.6. The minimum absolute atomic E-state index is 0.219. The Hall–Kier alpha value is -2.55. The average Bonchev–Trinajstić information content (AvgIpc) is 3.52. The van der Waals surface area contributed by atoms with Crippen molar-refractivity contribution in [2.45, 2.75) is 30.2 Å². The van der Waals surface area contributed by atoms with Gasteiger partial charge in [0.05, 0.1) is 11.4 Å². The lowest BCUT2D eigenvalue weighted by Crippen LogP contribution is -2.50. The van der Waals surface area contributed by atoms with Crippen LogP contribution in [0.15, 0.2) is 46.9 Å². The van der Waals surface area contributed by atoms with Crippen LogP contribution in [0, 0.1) is 0 Å². The van der Waals surface area contributed by atoms with E-state index in [1.807, 2.05) is 0 Å². The quantitative estimate of drug-likeness (QED) is 0.413. The summed E-state index contributed by atoms with van der Waals surface area (Å²) < 4.78 is 46.9. The Morgan fingerprint density at radius 1 is 1.06 bits per heavy atom. The van der Waals surface area contributed by atoms with Crippen LogP contribution in [0.1, 0.15) is 29.5 Å². The fourth-order valence-corrected chi connectivity index (χ4v) is 4.92. The van der Waals surface area contributed by atoms with Gasteiger partial charge in [-0.05, 0) is 67.9 Å². The molecule has 35 heavy (non-hydrogen) atoms. The Kier molecular flexibility index (Phi) is 6.79. The first-order chi connectivity index (χ1) is 16.8. The van der Waals surface area contributed by atoms with E-state index in [1.165, 1.54) is 18.2 Å². The summed E-state index contributed by atoms with van der Waals surface area (Å²) in [7, 11) is 0. The maximum Gasteiger partial charge on any atom is 0.380 e. The van der Waals surface area contributed by atoms with Crippen LogP contribution in [0.2, 0.25) is 5.02 Å². The van der Waals surface area contributed by atoms with Crippen molar-refractivity contribution in [3.05, 3.63) is 58.8 Å². The summed E-state index contributed by atoms with van der Waals surface area (Å²) in [5, 5.41) is 2.49. The molecule has 1 fully saturated rings. The highest BCUT2D eigenvalue weighted by Gasteiger charge is 2.46. The van der Waals surface area contributed by atoms with Gasteiger partial charge in [-0.15, -0.1) is 11.6 Å². The van der Waals surface area contributed by atoms with Gasteiger partial charge in [-0.1, -0.05) is 17.7 Å². The van der Waals surface area contributed by atoms with Crippen LogP contribution in [0.4, 0.5) is 8.78 Å². The van der Waals surface area contributed by atoms with Crippen molar-refractivity contribution in [3.63, 3.8) is 0 Å². The van der Waals surface area contributed by atoms with Crippen LogP contribution in [0.25, 0.3) is 11.0 Å². The zero-order valence-electron chi connectivity index (χ0n) is 18.7. The highest BCUT2D eigenvalue weighted by molar-refractivity contribution is 6.31. The number of hydrogen-bond acceptors (Lipinski definition) is 5. The maximum absolute atomic E-state index is 15.2. The van der Waals surface area contributed by atoms with E-state index in [9.17, 15) is 4.79 Å². The molecule has 0 bridgehead atoms. The second-order valence-electron chi connectivity index (χ2n) is 8.76. The number of amides is 1. The van der Waals surface area contributed by atoms with Crippen molar-refractivity contribution in [2.24, 2.45) is 0 Å². The van der Waals surface area contributed by atoms with E-state index >= 15 is 8.78 Å². The molecule has 3 heterocycles. The van der Waals surface area contributed by atoms with Crippen molar-refractivity contribution in [3.8, 4) is 11.5 Å². The molecule has 1 aromatic heterocycles. The molecule has 2 aliphatic rings. The Morgan fingerprint density at radius 3 is 2.57 bits per heavy atom. The van der Waals surface area contributed by atoms with Gasteiger partial charge < -0.3 is 24.1 Å². The molecular formula is C25H24Cl2F2N2O4. The number of fused-ring (bicyclic) bond motifs is 2. The van der Waals surface area contributed by atoms with E-state index in [0.29, 0.717) is 47.2 Å². The number of carbonyl (C=O) groups is 1. The van der Waals surface area contributed by atoms with Crippen molar-refractivity contribution >= 4 is 40.1 Å². The molecule has 3 aromatic rings. The molecule has 2 atom stereocenters. The van der Waals surface area contributed by atoms with Gasteiger partial charge in [0.2, 0.25) is 0 Å². The number of furan rings is 1. The topological polar surface area (TPSA) is 63.9 Å². The minimum atomic E-state index is -3.90. The first-order valence-corrected chi connectivity index (χ1v) is 12.3. The number of carbonyl (C=O) groups excluding carboxylic acids is 1. The van der Waals surface area contributed by atoms with E-state index < -0.39 is 29.0 Å². The van der Waals surface area contributed by atoms with Gasteiger partial charge in [-0.3, -0.25) is 4.79 Å². The second kappa shape index (κ2) is 9.84. The number of ether oxygens (including phenoxy) is 2. The first kappa shape index (κ1) is 24.2. The molecule has 1 unspecified atom stereocenters. The predicted octanol–water partition coefficient (Wildman–Crippen LogP) is 5.51. The van der Waals surface area contributed by atoms with E-state index in [1.54, 1.807) is 18.2 Å². The first-order valence-electron chi connectivity index (χ1n) is 11.5. The molecule has 2 aromatic carbocycles. The number of hydrogen-bond donors (Lipinski definition) is 1. The average molecular weight is 525 g/mol. The Balaban J connectivity index is 1.39. The number of rotatable bonds is 7. The highest BCUT2D eigenvalue weighted by Crippen LogP contribution is 2.37. The molecule has 0 aliphatic carbocycles. The number of likely N-dealkylation sites (tertiary alicyclic amines) is 1. The van der Waals surface area contributed by atoms with Gasteiger partial charge in [0.1, 0.15) is 18.8 Å². The normalized spacial score (nSPS) is 17.9. The van der Waals surface area contributed by atoms with Crippen LogP contribution in [0.5, 0.6) is 11.5 Å². The van der Waals surface area contributed by atoms with Crippen LogP contribution in [0.3, 0.4) is 0 Å². The van der Waals surface area contributed by atoms with Gasteiger partial charge in [-0.25, -0.2) is 0 Å². The SMILES string of the molecule is O=C(N[C@H](CN1CCCC1)C(Cl)c1ccc2c(c1)OCCO2)C(F)(F)c1cc2cc(Cl)ccc2o1. The molecule has 1 N–H and O–H groups in total. The second-order valence-corrected chi connectivity index (χ2v) is 9.67. The van der Waals surface area contributed by atoms with E-state index in [-0.39, 0.29) is 5.58 Å². The van der Waals surface area contributed by atoms with Crippen molar-refractivity contribution in [2.75, 3.05) is 32.8 Å². The molecule has 6 nitrogen and oxygen atoms in total. The van der Waals surface area contributed by atoms with Gasteiger partial charge in [-0.2, -0.15) is 8.78 Å². The van der Waals surface area contributed by atoms with Gasteiger partial charge in [0.15, 0.2) is 17.3 Å². The zero-order valence-corrected chi connectivity index (χ0v) is 20.2. The molecule has 1 amide bonds. The number of nitrogens with zero attached hydrogens (tertiary/aromatic N) is 1. The number of halogens is 4. The van der Waals surface area contributed by atoms with Crippen LogP contribution < -0.4 is 14.8 Å². The van der Waals surface area contributed by atoms with Crippen molar-refractivity contribution in [1.82, 2.24) is 10.2 Å². The number of benzene rings is 2. The van der Waals surface area contributed by atoms with E-state index in [0.717, 1.165) is 32.0 Å². The molecule has 0 radical (unpaired) electrons. The minimum Gasteiger partial charge on any atom is -0.486 e. The molecule has 0 saturated carbocycles. The molecular weight excluding hydrogens is 501 g/mol. The van der Waals surface area contributed by atoms with Crippen LogP contribution in [-0.2, 0) is 10.7 Å². The lowest BCUT2D eigenvalue weighted by molar-refractivity contribution is -0.150. The molecule has 1 saturated heterocycles. The Bertz CT molecular complexity index is 1230. The monoisotopic (exact) mass is 524 g/mol. The molecule has 5 rings (SSSR count). The fourth-order valence-electron chi connectivity index (χ4n) is 4.46. The third kappa shape index (κ3) is 5.06. The van der Waals surface area contributed by atoms with Gasteiger partial charge in [0, 0.05) is 17.0 Å². The number of nitrogens with one attached hydrogen (secondary N) is 1. The maximum atomic E-state index is 15.2. The standard InChI is InChI=1S/C25H24Cl2F2N2O4/c26-17-4-6-19-16(11-17)13-22(35-19)25(28,29)24(32)30-18(14-31-7-1-2-8-31)23(27)15-3-5-20-21(12-15)34-10-9-33-20/h3-6,11-13,18,23H,1-2,7-10,14H2,(H,30,32)/t18-,23?/m1/s1. The third-order valence-electron chi connectivity index (χ3n) is 6.28. The summed E-state index contributed by atoms with van der Waals surface area (Å²) in [6, 6.07) is 10.1. The summed E-state index contributed by atoms with van der Waals surface area (Å²) in [6.07, 6.45) is 2.02. The lowest BCUT2D eigenvalue weighted by Gasteiger charge is -2.30. The molecule has 186 valence electrons. The predicted molar refractivity (Wildman–Crippen MR) is 129 cm³/mol. The lowest BCUT2D eigenvalue weighted by atomic mass is 10.0. The molecule has 2 aliphatic heterocycles. The third-order valence-corrected chi connectivity index (χ3v) is 7.07.